The average Bonchev–Trinajstić information content (AvgIpc) is 3.85. The molecule has 0 aliphatic rings. The van der Waals surface area contributed by atoms with Crippen molar-refractivity contribution in [3.8, 4) is 0 Å². The average molecular weight is 982 g/mol. The van der Waals surface area contributed by atoms with Crippen molar-refractivity contribution >= 4 is 85.6 Å². The van der Waals surface area contributed by atoms with E-state index < -0.39 is 36.8 Å². The quantitative estimate of drug-likeness (QED) is 0.0423. The van der Waals surface area contributed by atoms with Crippen molar-refractivity contribution in [2.24, 2.45) is 0 Å². The molecule has 0 fully saturated rings. The summed E-state index contributed by atoms with van der Waals surface area (Å²) in [5, 5.41) is 0. The van der Waals surface area contributed by atoms with Crippen molar-refractivity contribution in [3.05, 3.63) is 11.6 Å². The SMILES string of the molecule is CCCCCCCCCCc1[c]([Sn]([CH2]CCC)([CH2]CCC)[CH2]CCC)sc2c3s[c]([Sn]([CH2]CCC)([CH2]CCC)[CH2]CCC)cc3n(C(C)CCCC)c12. The van der Waals surface area contributed by atoms with Gasteiger partial charge in [-0.1, -0.05) is 0 Å². The van der Waals surface area contributed by atoms with E-state index in [1.54, 1.807) is 47.1 Å². The van der Waals surface area contributed by atoms with Crippen LogP contribution in [-0.4, -0.2) is 41.3 Å². The fourth-order valence-electron chi connectivity index (χ4n) is 9.70. The van der Waals surface area contributed by atoms with Crippen molar-refractivity contribution < 1.29 is 0 Å². The molecule has 0 bridgehead atoms. The van der Waals surface area contributed by atoms with Crippen LogP contribution in [0.2, 0.25) is 26.6 Å². The van der Waals surface area contributed by atoms with Crippen LogP contribution in [0.15, 0.2) is 6.07 Å². The topological polar surface area (TPSA) is 4.93 Å². The number of thiophene rings is 2. The Balaban J connectivity index is 2.34. The van der Waals surface area contributed by atoms with Crippen LogP contribution in [0.25, 0.3) is 20.4 Å². The number of hydrogen-bond donors (Lipinski definition) is 0. The standard InChI is InChI=1S/C24H35NS2.6C4H9.2Sn/c1-4-6-8-9-10-11-12-13-15-20-18-27-24-22(20)25(19(3)14-7-5-2)21-16-17-26-23(21)24;6*1-3-4-2;;/h16,19H,4-15H2,1-3H3;6*1,3-4H2,2H3;;. The predicted octanol–water partition coefficient (Wildman–Crippen LogP) is 17.5. The molecule has 0 saturated carbocycles. The molecule has 5 heteroatoms. The zero-order valence-corrected chi connectivity index (χ0v) is 44.5. The minimum atomic E-state index is -2.67. The second kappa shape index (κ2) is 26.7. The summed E-state index contributed by atoms with van der Waals surface area (Å²) in [6, 6.07) is 3.49. The first-order valence-electron chi connectivity index (χ1n) is 24.0. The van der Waals surface area contributed by atoms with Crippen LogP contribution in [0.5, 0.6) is 0 Å². The molecular weight excluding hydrogens is 892 g/mol. The number of nitrogens with zero attached hydrogens (tertiary/aromatic N) is 1. The molecule has 0 N–H and O–H groups in total. The van der Waals surface area contributed by atoms with E-state index in [1.165, 1.54) is 154 Å². The second-order valence-corrected chi connectivity index (χ2v) is 48.0. The third kappa shape index (κ3) is 13.4. The fraction of sp³-hybridized carbons (Fsp3) is 0.833. The van der Waals surface area contributed by atoms with Gasteiger partial charge in [0.25, 0.3) is 0 Å². The van der Waals surface area contributed by atoms with E-state index in [0.717, 1.165) is 0 Å². The van der Waals surface area contributed by atoms with Gasteiger partial charge in [-0.05, 0) is 0 Å². The summed E-state index contributed by atoms with van der Waals surface area (Å²) in [5.41, 5.74) is 5.37. The summed E-state index contributed by atoms with van der Waals surface area (Å²) in [5.74, 6) is 0. The van der Waals surface area contributed by atoms with Gasteiger partial charge in [0.05, 0.1) is 0 Å². The molecule has 0 spiro atoms. The van der Waals surface area contributed by atoms with E-state index in [-0.39, 0.29) is 0 Å². The number of aromatic nitrogens is 1. The monoisotopic (exact) mass is 983 g/mol. The van der Waals surface area contributed by atoms with Gasteiger partial charge in [0.2, 0.25) is 0 Å². The molecular formula is C48H89NS2Sn2. The normalized spacial score (nSPS) is 13.3. The molecule has 3 aromatic rings. The van der Waals surface area contributed by atoms with Crippen LogP contribution in [0.4, 0.5) is 0 Å². The van der Waals surface area contributed by atoms with Crippen LogP contribution >= 0.6 is 22.7 Å². The van der Waals surface area contributed by atoms with Gasteiger partial charge in [-0.3, -0.25) is 0 Å². The van der Waals surface area contributed by atoms with Gasteiger partial charge in [-0.2, -0.15) is 0 Å². The van der Waals surface area contributed by atoms with Crippen molar-refractivity contribution in [2.75, 3.05) is 0 Å². The molecule has 3 heterocycles. The predicted molar refractivity (Wildman–Crippen MR) is 255 cm³/mol. The van der Waals surface area contributed by atoms with Gasteiger partial charge >= 0.3 is 351 Å². The first-order valence-corrected chi connectivity index (χ1v) is 40.6. The third-order valence-electron chi connectivity index (χ3n) is 13.2. The summed E-state index contributed by atoms with van der Waals surface area (Å²) in [6.45, 7) is 22.1. The van der Waals surface area contributed by atoms with E-state index in [2.05, 4.69) is 98.5 Å². The van der Waals surface area contributed by atoms with Gasteiger partial charge in [0, 0.05) is 0 Å². The van der Waals surface area contributed by atoms with Gasteiger partial charge in [-0.25, -0.2) is 0 Å². The second-order valence-electron chi connectivity index (χ2n) is 17.7. The molecule has 0 aromatic carbocycles. The molecule has 0 aliphatic heterocycles. The van der Waals surface area contributed by atoms with Crippen LogP contribution in [0, 0.1) is 0 Å². The Kier molecular flexibility index (Phi) is 24.3. The van der Waals surface area contributed by atoms with Crippen LogP contribution in [0.3, 0.4) is 0 Å². The summed E-state index contributed by atoms with van der Waals surface area (Å²) in [6.07, 6.45) is 33.7. The molecule has 1 atom stereocenters. The third-order valence-corrected chi connectivity index (χ3v) is 52.3. The van der Waals surface area contributed by atoms with Crippen LogP contribution in [-0.2, 0) is 6.42 Å². The summed E-state index contributed by atoms with van der Waals surface area (Å²) in [7, 11) is 0. The number of hydrogen-bond acceptors (Lipinski definition) is 2. The Morgan fingerprint density at radius 2 is 0.925 bits per heavy atom. The Morgan fingerprint density at radius 1 is 0.491 bits per heavy atom. The Hall–Kier alpha value is 0.797. The number of aryl methyl sites for hydroxylation is 1. The van der Waals surface area contributed by atoms with Crippen molar-refractivity contribution in [3.63, 3.8) is 0 Å². The van der Waals surface area contributed by atoms with Crippen molar-refractivity contribution in [2.45, 2.75) is 249 Å². The molecule has 3 rings (SSSR count). The molecule has 0 saturated heterocycles. The van der Waals surface area contributed by atoms with Gasteiger partial charge < -0.3 is 0 Å². The van der Waals surface area contributed by atoms with Crippen LogP contribution in [0.1, 0.15) is 222 Å². The van der Waals surface area contributed by atoms with Crippen molar-refractivity contribution in [1.29, 1.82) is 0 Å². The molecule has 1 unspecified atom stereocenters. The number of rotatable bonds is 33. The van der Waals surface area contributed by atoms with Crippen molar-refractivity contribution in [1.82, 2.24) is 4.57 Å². The maximum atomic E-state index is 3.03. The van der Waals surface area contributed by atoms with E-state index in [9.17, 15) is 0 Å². The Morgan fingerprint density at radius 3 is 1.40 bits per heavy atom. The summed E-state index contributed by atoms with van der Waals surface area (Å²) >= 11 is -0.413. The molecule has 0 amide bonds. The Bertz CT molecular complexity index is 1340. The maximum absolute atomic E-state index is 3.03. The minimum absolute atomic E-state index is 0.593. The summed E-state index contributed by atoms with van der Waals surface area (Å²) in [4.78, 5) is 0. The van der Waals surface area contributed by atoms with Gasteiger partial charge in [-0.15, -0.1) is 0 Å². The zero-order chi connectivity index (χ0) is 38.5. The Labute approximate surface area is 347 Å². The fourth-order valence-corrected chi connectivity index (χ4v) is 51.6. The van der Waals surface area contributed by atoms with Gasteiger partial charge in [0.1, 0.15) is 0 Å². The first-order chi connectivity index (χ1) is 25.9. The summed E-state index contributed by atoms with van der Waals surface area (Å²) < 4.78 is 20.2. The van der Waals surface area contributed by atoms with Gasteiger partial charge in [0.15, 0.2) is 0 Å². The van der Waals surface area contributed by atoms with E-state index in [4.69, 9.17) is 0 Å². The van der Waals surface area contributed by atoms with E-state index in [0.29, 0.717) is 6.04 Å². The van der Waals surface area contributed by atoms with E-state index >= 15 is 0 Å². The molecule has 3 aromatic heterocycles. The number of unbranched alkanes of at least 4 members (excludes halogenated alkanes) is 14. The molecule has 0 radical (unpaired) electrons. The zero-order valence-electron chi connectivity index (χ0n) is 37.1. The van der Waals surface area contributed by atoms with Crippen LogP contribution < -0.4 is 5.79 Å². The molecule has 53 heavy (non-hydrogen) atoms. The van der Waals surface area contributed by atoms with E-state index in [1.807, 2.05) is 8.46 Å². The first kappa shape index (κ1) is 48.2. The molecule has 1 nitrogen and oxygen atoms in total. The molecule has 0 aliphatic carbocycles. The number of fused-ring (bicyclic) bond motifs is 3. The molecule has 306 valence electrons.